The maximum Gasteiger partial charge on any atom is 0.257 e. The molecule has 0 saturated heterocycles. The van der Waals surface area contributed by atoms with Gasteiger partial charge in [0.05, 0.1) is 53.8 Å². The minimum absolute atomic E-state index is 0.125. The summed E-state index contributed by atoms with van der Waals surface area (Å²) in [5.74, 6) is -0.356. The summed E-state index contributed by atoms with van der Waals surface area (Å²) in [6.45, 7) is 1.61. The molecule has 9 heteroatoms. The van der Waals surface area contributed by atoms with Crippen molar-refractivity contribution in [2.45, 2.75) is 19.6 Å². The number of carbonyl (C=O) groups excluding carboxylic acids is 1. The number of H-pyrrole nitrogens is 1. The first-order chi connectivity index (χ1) is 16.1. The number of carbonyl (C=O) groups is 1. The number of rotatable bonds is 4. The van der Waals surface area contributed by atoms with Gasteiger partial charge in [0.15, 0.2) is 0 Å². The Kier molecular flexibility index (Phi) is 6.80. The minimum Gasteiger partial charge on any atom is -0.464 e. The van der Waals surface area contributed by atoms with Gasteiger partial charge in [-0.05, 0) is 29.8 Å². The summed E-state index contributed by atoms with van der Waals surface area (Å²) >= 11 is 0. The molecule has 0 radical (unpaired) electrons. The molecule has 1 amide bonds. The van der Waals surface area contributed by atoms with Crippen LogP contribution in [0.2, 0.25) is 0 Å². The number of benzene rings is 1. The third-order valence-electron chi connectivity index (χ3n) is 5.31. The average Bonchev–Trinajstić information content (AvgIpc) is 3.51. The quantitative estimate of drug-likeness (QED) is 0.462. The molecule has 1 aliphatic rings. The molecule has 5 rings (SSSR count). The van der Waals surface area contributed by atoms with Crippen molar-refractivity contribution < 1.29 is 18.3 Å². The fourth-order valence-electron chi connectivity index (χ4n) is 3.62. The lowest BCUT2D eigenvalue weighted by Gasteiger charge is -2.27. The molecule has 170 valence electrons. The van der Waals surface area contributed by atoms with Gasteiger partial charge in [0, 0.05) is 32.5 Å². The highest BCUT2D eigenvalue weighted by atomic mass is 19.1. The number of imidazole rings is 1. The fraction of sp³-hybridized carbons (Fsp3) is 0.208. The van der Waals surface area contributed by atoms with E-state index in [4.69, 9.17) is 14.9 Å². The highest BCUT2D eigenvalue weighted by molar-refractivity contribution is 6.18. The number of amides is 1. The molecule has 3 N–H and O–H groups in total. The van der Waals surface area contributed by atoms with E-state index in [-0.39, 0.29) is 11.7 Å². The average molecular weight is 449 g/mol. The standard InChI is InChI=1S/C16H19N5O2.C8H5FO/c1-23-9-11-2-3-13(18-7-11)12(6-17)16(22)21-5-4-14-15(8-21)20-10-19-14;9-7-2-1-3-8-6(7)4-5-10-8/h2-3,6-7,10H,4-5,8-9,17H2,1H3,(H,19,20);1-5H/b12-6+;. The number of nitrogens with zero attached hydrogens (tertiary/aromatic N) is 3. The van der Waals surface area contributed by atoms with Crippen molar-refractivity contribution in [2.75, 3.05) is 13.7 Å². The van der Waals surface area contributed by atoms with Gasteiger partial charge in [-0.1, -0.05) is 12.1 Å². The van der Waals surface area contributed by atoms with Crippen LogP contribution in [0.4, 0.5) is 4.39 Å². The zero-order chi connectivity index (χ0) is 23.2. The van der Waals surface area contributed by atoms with Crippen LogP contribution < -0.4 is 5.73 Å². The van der Waals surface area contributed by atoms with Crippen molar-refractivity contribution in [3.8, 4) is 0 Å². The first-order valence-corrected chi connectivity index (χ1v) is 10.4. The van der Waals surface area contributed by atoms with Gasteiger partial charge < -0.3 is 24.8 Å². The van der Waals surface area contributed by atoms with Crippen molar-refractivity contribution in [3.63, 3.8) is 0 Å². The maximum absolute atomic E-state index is 12.8. The second-order valence-corrected chi connectivity index (χ2v) is 7.44. The number of nitrogens with one attached hydrogen (secondary N) is 1. The van der Waals surface area contributed by atoms with E-state index < -0.39 is 0 Å². The molecule has 0 spiro atoms. The Bertz CT molecular complexity index is 1260. The SMILES string of the molecule is COCc1ccc(/C(=C\N)C(=O)N2CCc3nc[nH]c3C2)nc1.Fc1cccc2occc12. The lowest BCUT2D eigenvalue weighted by Crippen LogP contribution is -2.36. The Balaban J connectivity index is 0.000000214. The van der Waals surface area contributed by atoms with Crippen molar-refractivity contribution in [1.82, 2.24) is 19.9 Å². The van der Waals surface area contributed by atoms with Crippen LogP contribution in [0.1, 0.15) is 22.6 Å². The van der Waals surface area contributed by atoms with Crippen molar-refractivity contribution in [1.29, 1.82) is 0 Å². The van der Waals surface area contributed by atoms with Gasteiger partial charge in [0.1, 0.15) is 11.4 Å². The highest BCUT2D eigenvalue weighted by Gasteiger charge is 2.25. The summed E-state index contributed by atoms with van der Waals surface area (Å²) in [6.07, 6.45) is 6.90. The van der Waals surface area contributed by atoms with Crippen LogP contribution >= 0.6 is 0 Å². The van der Waals surface area contributed by atoms with Gasteiger partial charge in [0.2, 0.25) is 0 Å². The molecular formula is C24H24FN5O3. The third kappa shape index (κ3) is 4.93. The molecule has 0 unspecified atom stereocenters. The number of methoxy groups -OCH3 is 1. The molecule has 8 nitrogen and oxygen atoms in total. The molecule has 1 aliphatic heterocycles. The number of ether oxygens (including phenoxy) is 1. The number of hydrogen-bond donors (Lipinski definition) is 2. The molecule has 33 heavy (non-hydrogen) atoms. The first kappa shape index (κ1) is 22.2. The fourth-order valence-corrected chi connectivity index (χ4v) is 3.62. The number of aromatic nitrogens is 3. The molecular weight excluding hydrogens is 425 g/mol. The van der Waals surface area contributed by atoms with Crippen LogP contribution in [0.15, 0.2) is 65.8 Å². The van der Waals surface area contributed by atoms with E-state index >= 15 is 0 Å². The number of halogens is 1. The highest BCUT2D eigenvalue weighted by Crippen LogP contribution is 2.21. The van der Waals surface area contributed by atoms with E-state index in [9.17, 15) is 9.18 Å². The monoisotopic (exact) mass is 449 g/mol. The van der Waals surface area contributed by atoms with Gasteiger partial charge in [-0.3, -0.25) is 9.78 Å². The van der Waals surface area contributed by atoms with Crippen molar-refractivity contribution >= 4 is 22.4 Å². The summed E-state index contributed by atoms with van der Waals surface area (Å²) in [6, 6.07) is 10.1. The zero-order valence-corrected chi connectivity index (χ0v) is 18.1. The van der Waals surface area contributed by atoms with Crippen LogP contribution in [-0.2, 0) is 29.1 Å². The van der Waals surface area contributed by atoms with Gasteiger partial charge in [0.25, 0.3) is 5.91 Å². The van der Waals surface area contributed by atoms with Crippen LogP contribution in [0.5, 0.6) is 0 Å². The number of furan rings is 1. The number of hydrogen-bond acceptors (Lipinski definition) is 6. The predicted molar refractivity (Wildman–Crippen MR) is 121 cm³/mol. The summed E-state index contributed by atoms with van der Waals surface area (Å²) < 4.78 is 22.8. The number of nitrogens with two attached hydrogens (primary N) is 1. The van der Waals surface area contributed by atoms with Crippen LogP contribution in [-0.4, -0.2) is 39.4 Å². The Labute approximate surface area is 189 Å². The normalized spacial score (nSPS) is 13.4. The van der Waals surface area contributed by atoms with E-state index in [0.717, 1.165) is 23.4 Å². The maximum atomic E-state index is 12.8. The van der Waals surface area contributed by atoms with Gasteiger partial charge >= 0.3 is 0 Å². The zero-order valence-electron chi connectivity index (χ0n) is 18.1. The summed E-state index contributed by atoms with van der Waals surface area (Å²) in [7, 11) is 1.63. The summed E-state index contributed by atoms with van der Waals surface area (Å²) in [4.78, 5) is 26.1. The Morgan fingerprint density at radius 2 is 2.18 bits per heavy atom. The predicted octanol–water partition coefficient (Wildman–Crippen LogP) is 3.41. The Hall–Kier alpha value is -3.98. The lowest BCUT2D eigenvalue weighted by molar-refractivity contribution is -0.126. The molecule has 4 aromatic rings. The van der Waals surface area contributed by atoms with E-state index in [2.05, 4.69) is 15.0 Å². The molecule has 0 saturated carbocycles. The number of fused-ring (bicyclic) bond motifs is 2. The van der Waals surface area contributed by atoms with Crippen LogP contribution in [0.25, 0.3) is 16.5 Å². The van der Waals surface area contributed by atoms with E-state index in [1.54, 1.807) is 48.8 Å². The smallest absolute Gasteiger partial charge is 0.257 e. The number of aromatic amines is 1. The second kappa shape index (κ2) is 10.1. The van der Waals surface area contributed by atoms with E-state index in [0.29, 0.717) is 41.9 Å². The second-order valence-electron chi connectivity index (χ2n) is 7.44. The van der Waals surface area contributed by atoms with Gasteiger partial charge in [-0.2, -0.15) is 0 Å². The molecule has 3 aromatic heterocycles. The van der Waals surface area contributed by atoms with Crippen LogP contribution in [0, 0.1) is 5.82 Å². The summed E-state index contributed by atoms with van der Waals surface area (Å²) in [5, 5.41) is 0.544. The Morgan fingerprint density at radius 3 is 2.91 bits per heavy atom. The number of pyridine rings is 1. The molecule has 0 fully saturated rings. The van der Waals surface area contributed by atoms with Crippen molar-refractivity contribution in [2.24, 2.45) is 5.73 Å². The third-order valence-corrected chi connectivity index (χ3v) is 5.31. The molecule has 0 bridgehead atoms. The molecule has 4 heterocycles. The van der Waals surface area contributed by atoms with Crippen molar-refractivity contribution in [3.05, 3.63) is 89.8 Å². The van der Waals surface area contributed by atoms with Crippen LogP contribution in [0.3, 0.4) is 0 Å². The molecule has 0 atom stereocenters. The van der Waals surface area contributed by atoms with E-state index in [1.165, 1.54) is 18.5 Å². The largest absolute Gasteiger partial charge is 0.464 e. The topological polar surface area (TPSA) is 110 Å². The van der Waals surface area contributed by atoms with Gasteiger partial charge in [-0.25, -0.2) is 9.37 Å². The first-order valence-electron chi connectivity index (χ1n) is 10.4. The minimum atomic E-state index is -0.230. The Morgan fingerprint density at radius 1 is 1.30 bits per heavy atom. The molecule has 1 aromatic carbocycles. The van der Waals surface area contributed by atoms with Gasteiger partial charge in [-0.15, -0.1) is 0 Å². The van der Waals surface area contributed by atoms with E-state index in [1.807, 2.05) is 6.07 Å². The summed E-state index contributed by atoms with van der Waals surface area (Å²) in [5.41, 5.74) is 10.2. The molecule has 0 aliphatic carbocycles. The lowest BCUT2D eigenvalue weighted by atomic mass is 10.1.